The smallest absolute Gasteiger partial charge is 0.194 e. The van der Waals surface area contributed by atoms with Crippen LogP contribution in [0.4, 0.5) is 0 Å². The maximum Gasteiger partial charge on any atom is 0.194 e. The van der Waals surface area contributed by atoms with Crippen molar-refractivity contribution in [3.05, 3.63) is 65.7 Å². The van der Waals surface area contributed by atoms with Crippen LogP contribution in [0.15, 0.2) is 59.6 Å². The second-order valence-electron chi connectivity index (χ2n) is 6.38. The van der Waals surface area contributed by atoms with Gasteiger partial charge in [-0.15, -0.1) is 24.0 Å². The van der Waals surface area contributed by atoms with Gasteiger partial charge in [-0.3, -0.25) is 4.99 Å². The Labute approximate surface area is 184 Å². The average Bonchev–Trinajstić information content (AvgIpc) is 2.75. The van der Waals surface area contributed by atoms with E-state index in [4.69, 9.17) is 9.47 Å². The van der Waals surface area contributed by atoms with Crippen molar-refractivity contribution in [2.75, 3.05) is 34.4 Å². The number of rotatable bonds is 5. The Hall–Kier alpha value is -2.22. The van der Waals surface area contributed by atoms with E-state index in [-0.39, 0.29) is 24.0 Å². The zero-order valence-electron chi connectivity index (χ0n) is 16.6. The van der Waals surface area contributed by atoms with E-state index >= 15 is 0 Å². The topological polar surface area (TPSA) is 46.1 Å². The van der Waals surface area contributed by atoms with Crippen LogP contribution in [0.1, 0.15) is 17.5 Å². The first-order valence-electron chi connectivity index (χ1n) is 9.16. The molecule has 2 aromatic rings. The second kappa shape index (κ2) is 10.9. The third-order valence-corrected chi connectivity index (χ3v) is 4.76. The molecule has 1 aliphatic heterocycles. The van der Waals surface area contributed by atoms with Crippen molar-refractivity contribution in [1.82, 2.24) is 10.2 Å². The molecule has 2 aromatic carbocycles. The van der Waals surface area contributed by atoms with Gasteiger partial charge in [-0.1, -0.05) is 42.5 Å². The Morgan fingerprint density at radius 3 is 2.43 bits per heavy atom. The van der Waals surface area contributed by atoms with Crippen molar-refractivity contribution in [3.63, 3.8) is 0 Å². The van der Waals surface area contributed by atoms with Crippen molar-refractivity contribution in [3.8, 4) is 11.5 Å². The first-order chi connectivity index (χ1) is 13.2. The molecule has 3 rings (SSSR count). The molecule has 1 aliphatic rings. The standard InChI is InChI=1S/C22H27N3O2.HI/c1-23-22(24-16-17-9-10-20(26-2)21(15-17)27-3)25-13-11-19(12-14-25)18-7-5-4-6-8-18;/h4-11,15H,12-14,16H2,1-3H3,(H,23,24);1H. The molecule has 0 bridgehead atoms. The van der Waals surface area contributed by atoms with Crippen LogP contribution in [-0.2, 0) is 6.54 Å². The minimum absolute atomic E-state index is 0. The van der Waals surface area contributed by atoms with Crippen LogP contribution >= 0.6 is 24.0 Å². The predicted octanol–water partition coefficient (Wildman–Crippen LogP) is 4.19. The molecule has 0 unspecified atom stereocenters. The number of aliphatic imine (C=N–C) groups is 1. The lowest BCUT2D eigenvalue weighted by molar-refractivity contribution is 0.354. The van der Waals surface area contributed by atoms with E-state index in [1.807, 2.05) is 25.2 Å². The van der Waals surface area contributed by atoms with Crippen LogP contribution in [-0.4, -0.2) is 45.2 Å². The number of ether oxygens (including phenoxy) is 2. The van der Waals surface area contributed by atoms with Crippen LogP contribution in [0.3, 0.4) is 0 Å². The van der Waals surface area contributed by atoms with E-state index in [0.717, 1.165) is 42.5 Å². The van der Waals surface area contributed by atoms with Crippen LogP contribution in [0.25, 0.3) is 5.57 Å². The molecule has 5 nitrogen and oxygen atoms in total. The first kappa shape index (κ1) is 22.1. The molecule has 1 heterocycles. The molecule has 0 saturated carbocycles. The van der Waals surface area contributed by atoms with Crippen molar-refractivity contribution in [2.24, 2.45) is 4.99 Å². The second-order valence-corrected chi connectivity index (χ2v) is 6.38. The van der Waals surface area contributed by atoms with Crippen molar-refractivity contribution >= 4 is 35.5 Å². The largest absolute Gasteiger partial charge is 0.493 e. The summed E-state index contributed by atoms with van der Waals surface area (Å²) in [6, 6.07) is 16.5. The van der Waals surface area contributed by atoms with Gasteiger partial charge in [0.05, 0.1) is 14.2 Å². The lowest BCUT2D eigenvalue weighted by Crippen LogP contribution is -2.43. The number of nitrogens with zero attached hydrogens (tertiary/aromatic N) is 2. The predicted molar refractivity (Wildman–Crippen MR) is 126 cm³/mol. The van der Waals surface area contributed by atoms with Gasteiger partial charge in [0, 0.05) is 26.7 Å². The first-order valence-corrected chi connectivity index (χ1v) is 9.16. The highest BCUT2D eigenvalue weighted by atomic mass is 127. The minimum Gasteiger partial charge on any atom is -0.493 e. The highest BCUT2D eigenvalue weighted by Crippen LogP contribution is 2.27. The quantitative estimate of drug-likeness (QED) is 0.386. The van der Waals surface area contributed by atoms with Crippen LogP contribution in [0.2, 0.25) is 0 Å². The molecule has 0 spiro atoms. The molecule has 0 saturated heterocycles. The lowest BCUT2D eigenvalue weighted by atomic mass is 10.00. The van der Waals surface area contributed by atoms with E-state index in [9.17, 15) is 0 Å². The molecular formula is C22H28IN3O2. The third kappa shape index (κ3) is 5.41. The molecule has 0 radical (unpaired) electrons. The summed E-state index contributed by atoms with van der Waals surface area (Å²) in [7, 11) is 5.12. The maximum absolute atomic E-state index is 5.38. The summed E-state index contributed by atoms with van der Waals surface area (Å²) in [6.07, 6.45) is 3.31. The third-order valence-electron chi connectivity index (χ3n) is 4.76. The normalized spacial score (nSPS) is 14.0. The molecule has 1 N–H and O–H groups in total. The Morgan fingerprint density at radius 2 is 1.82 bits per heavy atom. The molecule has 0 amide bonds. The molecule has 28 heavy (non-hydrogen) atoms. The van der Waals surface area contributed by atoms with Crippen molar-refractivity contribution < 1.29 is 9.47 Å². The Bertz CT molecular complexity index is 822. The Balaban J connectivity index is 0.00000280. The van der Waals surface area contributed by atoms with Crippen LogP contribution in [0.5, 0.6) is 11.5 Å². The number of hydrogen-bond donors (Lipinski definition) is 1. The van der Waals surface area contributed by atoms with Crippen molar-refractivity contribution in [1.29, 1.82) is 0 Å². The fourth-order valence-electron chi connectivity index (χ4n) is 3.28. The lowest BCUT2D eigenvalue weighted by Gasteiger charge is -2.30. The number of halogens is 1. The Kier molecular flexibility index (Phi) is 8.63. The molecule has 0 aliphatic carbocycles. The van der Waals surface area contributed by atoms with Crippen LogP contribution < -0.4 is 14.8 Å². The zero-order valence-corrected chi connectivity index (χ0v) is 19.0. The van der Waals surface area contributed by atoms with Gasteiger partial charge in [0.25, 0.3) is 0 Å². The van der Waals surface area contributed by atoms with Gasteiger partial charge in [-0.05, 0) is 35.3 Å². The summed E-state index contributed by atoms with van der Waals surface area (Å²) in [4.78, 5) is 6.72. The van der Waals surface area contributed by atoms with E-state index in [1.165, 1.54) is 11.1 Å². The van der Waals surface area contributed by atoms with E-state index in [1.54, 1.807) is 14.2 Å². The van der Waals surface area contributed by atoms with E-state index in [2.05, 4.69) is 51.6 Å². The number of methoxy groups -OCH3 is 2. The number of nitrogens with one attached hydrogen (secondary N) is 1. The summed E-state index contributed by atoms with van der Waals surface area (Å²) in [5.74, 6) is 2.38. The maximum atomic E-state index is 5.38. The van der Waals surface area contributed by atoms with E-state index < -0.39 is 0 Å². The van der Waals surface area contributed by atoms with Gasteiger partial charge in [0.1, 0.15) is 0 Å². The molecular weight excluding hydrogens is 465 g/mol. The zero-order chi connectivity index (χ0) is 19.1. The summed E-state index contributed by atoms with van der Waals surface area (Å²) in [6.45, 7) is 2.49. The minimum atomic E-state index is 0. The number of benzene rings is 2. The van der Waals surface area contributed by atoms with Crippen LogP contribution in [0, 0.1) is 0 Å². The highest BCUT2D eigenvalue weighted by molar-refractivity contribution is 14.0. The van der Waals surface area contributed by atoms with Gasteiger partial charge < -0.3 is 19.7 Å². The summed E-state index contributed by atoms with van der Waals surface area (Å²) >= 11 is 0. The van der Waals surface area contributed by atoms with Gasteiger partial charge in [-0.2, -0.15) is 0 Å². The fourth-order valence-corrected chi connectivity index (χ4v) is 3.28. The average molecular weight is 493 g/mol. The highest BCUT2D eigenvalue weighted by Gasteiger charge is 2.16. The van der Waals surface area contributed by atoms with Gasteiger partial charge in [0.2, 0.25) is 0 Å². The monoisotopic (exact) mass is 493 g/mol. The summed E-state index contributed by atoms with van der Waals surface area (Å²) < 4.78 is 10.7. The summed E-state index contributed by atoms with van der Waals surface area (Å²) in [5, 5.41) is 3.45. The van der Waals surface area contributed by atoms with E-state index in [0.29, 0.717) is 6.54 Å². The molecule has 0 aromatic heterocycles. The molecule has 0 atom stereocenters. The SMILES string of the molecule is CN=C(NCc1ccc(OC)c(OC)c1)N1CC=C(c2ccccc2)CC1.I. The van der Waals surface area contributed by atoms with Gasteiger partial charge in [0.15, 0.2) is 17.5 Å². The number of hydrogen-bond acceptors (Lipinski definition) is 3. The van der Waals surface area contributed by atoms with Crippen molar-refractivity contribution in [2.45, 2.75) is 13.0 Å². The summed E-state index contributed by atoms with van der Waals surface area (Å²) in [5.41, 5.74) is 3.83. The molecule has 150 valence electrons. The molecule has 6 heteroatoms. The fraction of sp³-hybridized carbons (Fsp3) is 0.318. The Morgan fingerprint density at radius 1 is 1.07 bits per heavy atom. The van der Waals surface area contributed by atoms with Gasteiger partial charge in [-0.25, -0.2) is 0 Å². The molecule has 0 fully saturated rings. The number of guanidine groups is 1. The van der Waals surface area contributed by atoms with Gasteiger partial charge >= 0.3 is 0 Å².